The minimum atomic E-state index is -1.83. The van der Waals surface area contributed by atoms with E-state index in [9.17, 15) is 81.4 Å². The quantitative estimate of drug-likeness (QED) is 0.0509. The van der Waals surface area contributed by atoms with Crippen molar-refractivity contribution in [1.29, 1.82) is 0 Å². The average molecular weight is 1120 g/mol. The molecule has 0 aromatic rings. The van der Waals surface area contributed by atoms with Crippen LogP contribution < -0.4 is 0 Å². The Morgan fingerprint density at radius 3 is 1.65 bits per heavy atom. The predicted octanol–water partition coefficient (Wildman–Crippen LogP) is -3.02. The molecule has 0 spiro atoms. The minimum absolute atomic E-state index is 0.00460. The van der Waals surface area contributed by atoms with Crippen molar-refractivity contribution in [1.82, 2.24) is 0 Å². The van der Waals surface area contributed by atoms with E-state index in [1.165, 1.54) is 0 Å². The van der Waals surface area contributed by atoms with Crippen LogP contribution in [0.2, 0.25) is 0 Å². The summed E-state index contributed by atoms with van der Waals surface area (Å²) in [6, 6.07) is 0. The third-order valence-corrected chi connectivity index (χ3v) is 21.0. The number of aliphatic hydroxyl groups excluding tert-OH is 15. The fraction of sp³-hybridized carbons (Fsp3) is 0.944. The number of ether oxygens (including phenoxy) is 8. The molecule has 8 aliphatic rings. The fourth-order valence-corrected chi connectivity index (χ4v) is 16.2. The largest absolute Gasteiger partial charge is 0.394 e. The summed E-state index contributed by atoms with van der Waals surface area (Å²) in [5.41, 5.74) is -2.85. The lowest BCUT2D eigenvalue weighted by Gasteiger charge is -2.71. The number of rotatable bonds is 17. The summed E-state index contributed by atoms with van der Waals surface area (Å²) in [6.07, 6.45) is -29.6. The van der Waals surface area contributed by atoms with E-state index in [4.69, 9.17) is 37.9 Å². The molecule has 4 heterocycles. The van der Waals surface area contributed by atoms with Crippen LogP contribution in [0.1, 0.15) is 106 Å². The van der Waals surface area contributed by atoms with Crippen LogP contribution in [-0.2, 0) is 42.7 Å². The van der Waals surface area contributed by atoms with Gasteiger partial charge in [0.15, 0.2) is 30.9 Å². The van der Waals surface area contributed by atoms with Gasteiger partial charge in [0.2, 0.25) is 0 Å². The van der Waals surface area contributed by atoms with Crippen LogP contribution in [-0.4, -0.2) is 249 Å². The predicted molar refractivity (Wildman–Crippen MR) is 267 cm³/mol. The number of hydrogen-bond donors (Lipinski definition) is 15. The lowest BCUT2D eigenvalue weighted by Crippen LogP contribution is -2.68. The number of carbonyl (C=O) groups is 1. The second kappa shape index (κ2) is 23.5. The molecule has 78 heavy (non-hydrogen) atoms. The van der Waals surface area contributed by atoms with E-state index in [0.717, 1.165) is 12.8 Å². The van der Waals surface area contributed by atoms with Gasteiger partial charge in [-0.1, -0.05) is 41.2 Å². The normalized spacial score (nSPS) is 52.1. The van der Waals surface area contributed by atoms with Crippen molar-refractivity contribution in [3.05, 3.63) is 12.2 Å². The molecule has 24 heteroatoms. The Morgan fingerprint density at radius 2 is 1.08 bits per heavy atom. The van der Waals surface area contributed by atoms with Crippen LogP contribution in [0.4, 0.5) is 0 Å². The Kier molecular flexibility index (Phi) is 18.8. The molecule has 4 aliphatic heterocycles. The standard InChI is InChI=1S/C54H90O24/c1-22(2)24(58)10-16-54(8,78-48-44(70)40(66)37(63)29(75-48)21-71-46-42(68)38(64)34(60)26(18-55)72-46)23-9-14-53(7)33(23)25(59)17-31-51(5)13-12-32(50(3,4)30(51)11-15-52(31,53)6)76-49-45(41(67)36(62)28(20-57)74-49)77-47-43(69)39(65)35(61)27(19-56)73-47/h23,25-49,55-57,59-70H,1,9-21H2,2-8H3/t23-,25+,26+,27+,28+,29+,30-,31+,32-,33-,34+,35+,36+,37+,38-,39-,40-,41-,42+,43+,44+,45+,46+,47-,48-,49-,51-,52+,53+,54-/m0/s1. The van der Waals surface area contributed by atoms with Gasteiger partial charge >= 0.3 is 0 Å². The van der Waals surface area contributed by atoms with Crippen molar-refractivity contribution >= 4 is 5.78 Å². The molecule has 4 saturated carbocycles. The topological polar surface area (TPSA) is 394 Å². The highest BCUT2D eigenvalue weighted by molar-refractivity contribution is 5.94. The van der Waals surface area contributed by atoms with Gasteiger partial charge in [0.05, 0.1) is 44.2 Å². The molecular formula is C54H90O24. The molecule has 450 valence electrons. The van der Waals surface area contributed by atoms with Gasteiger partial charge in [-0.15, -0.1) is 0 Å². The smallest absolute Gasteiger partial charge is 0.187 e. The van der Waals surface area contributed by atoms with Crippen molar-refractivity contribution in [2.24, 2.45) is 45.3 Å². The highest BCUT2D eigenvalue weighted by Crippen LogP contribution is 2.76. The van der Waals surface area contributed by atoms with Gasteiger partial charge in [0, 0.05) is 6.42 Å². The second-order valence-electron chi connectivity index (χ2n) is 25.6. The summed E-state index contributed by atoms with van der Waals surface area (Å²) >= 11 is 0. The first kappa shape index (κ1) is 62.5. The Bertz CT molecular complexity index is 2070. The molecule has 8 rings (SSSR count). The molecule has 4 aliphatic carbocycles. The molecule has 0 aromatic heterocycles. The Hall–Kier alpha value is -1.51. The van der Waals surface area contributed by atoms with Crippen molar-refractivity contribution in [3.63, 3.8) is 0 Å². The highest BCUT2D eigenvalue weighted by Gasteiger charge is 2.72. The summed E-state index contributed by atoms with van der Waals surface area (Å²) in [4.78, 5) is 13.3. The first-order valence-electron chi connectivity index (χ1n) is 27.9. The Balaban J connectivity index is 1.02. The number of aliphatic hydroxyl groups is 15. The number of fused-ring (bicyclic) bond motifs is 5. The first-order valence-corrected chi connectivity index (χ1v) is 27.9. The Labute approximate surface area is 454 Å². The number of ketones is 1. The van der Waals surface area contributed by atoms with Crippen LogP contribution in [0, 0.1) is 45.3 Å². The number of hydrogen-bond acceptors (Lipinski definition) is 24. The van der Waals surface area contributed by atoms with Gasteiger partial charge in [-0.05, 0) is 116 Å². The van der Waals surface area contributed by atoms with Crippen LogP contribution in [0.25, 0.3) is 0 Å². The third kappa shape index (κ3) is 10.7. The molecule has 30 atom stereocenters. The SMILES string of the molecule is C=C(C)C(=O)CC[C@](C)(O[C@@H]1O[C@H](CO[C@@H]2O[C@H](CO)[C@@H](O)[C@H](O)[C@H]2O)[C@@H](O)[C@H](O)[C@H]1O)[C@H]1CC[C@]2(C)[C@@H]1[C@H](O)C[C@@H]1[C@@]3(C)CC[C@H](O[C@@H]4O[C@H](CO)[C@@H](O)[C@H](O)[C@H]4O[C@@H]4O[C@H](CO)[C@@H](O)[C@H](O)[C@H]4O)C(C)(C)[C@@H]3CC[C@]12C. The molecular weight excluding hydrogens is 1030 g/mol. The second-order valence-corrected chi connectivity index (χ2v) is 25.6. The van der Waals surface area contributed by atoms with Crippen LogP contribution in [0.3, 0.4) is 0 Å². The average Bonchev–Trinajstić information content (AvgIpc) is 3.91. The molecule has 0 bridgehead atoms. The maximum atomic E-state index is 13.3. The number of allylic oxidation sites excluding steroid dienone is 1. The van der Waals surface area contributed by atoms with E-state index in [1.54, 1.807) is 6.92 Å². The zero-order chi connectivity index (χ0) is 57.5. The molecule has 4 saturated heterocycles. The summed E-state index contributed by atoms with van der Waals surface area (Å²) in [7, 11) is 0. The monoisotopic (exact) mass is 1120 g/mol. The van der Waals surface area contributed by atoms with Crippen LogP contribution >= 0.6 is 0 Å². The number of Topliss-reactive ketones (excluding diaryl/α,β-unsaturated/α-hetero) is 1. The van der Waals surface area contributed by atoms with Crippen molar-refractivity contribution in [3.8, 4) is 0 Å². The van der Waals surface area contributed by atoms with E-state index in [1.807, 2.05) is 6.92 Å². The van der Waals surface area contributed by atoms with E-state index < -0.39 is 190 Å². The van der Waals surface area contributed by atoms with Gasteiger partial charge < -0.3 is 114 Å². The minimum Gasteiger partial charge on any atom is -0.394 e. The maximum Gasteiger partial charge on any atom is 0.187 e. The van der Waals surface area contributed by atoms with E-state index in [0.29, 0.717) is 37.7 Å². The molecule has 24 nitrogen and oxygen atoms in total. The van der Waals surface area contributed by atoms with E-state index >= 15 is 0 Å². The van der Waals surface area contributed by atoms with Crippen molar-refractivity contribution in [2.45, 2.75) is 247 Å². The zero-order valence-electron chi connectivity index (χ0n) is 45.8. The van der Waals surface area contributed by atoms with Crippen molar-refractivity contribution < 1.29 is 119 Å². The number of carbonyl (C=O) groups excluding carboxylic acids is 1. The zero-order valence-corrected chi connectivity index (χ0v) is 45.8. The lowest BCUT2D eigenvalue weighted by molar-refractivity contribution is -0.378. The summed E-state index contributed by atoms with van der Waals surface area (Å²) < 4.78 is 48.6. The fourth-order valence-electron chi connectivity index (χ4n) is 16.2. The summed E-state index contributed by atoms with van der Waals surface area (Å²) in [5.74, 6) is -1.09. The van der Waals surface area contributed by atoms with Crippen molar-refractivity contribution in [2.75, 3.05) is 26.4 Å². The third-order valence-electron chi connectivity index (χ3n) is 21.0. The Morgan fingerprint density at radius 1 is 0.577 bits per heavy atom. The van der Waals surface area contributed by atoms with E-state index in [-0.39, 0.29) is 41.3 Å². The highest BCUT2D eigenvalue weighted by atomic mass is 16.8. The van der Waals surface area contributed by atoms with Crippen LogP contribution in [0.5, 0.6) is 0 Å². The van der Waals surface area contributed by atoms with Gasteiger partial charge in [0.1, 0.15) is 97.7 Å². The molecule has 0 unspecified atom stereocenters. The van der Waals surface area contributed by atoms with Gasteiger partial charge in [-0.3, -0.25) is 4.79 Å². The molecule has 15 N–H and O–H groups in total. The van der Waals surface area contributed by atoms with E-state index in [2.05, 4.69) is 41.2 Å². The summed E-state index contributed by atoms with van der Waals surface area (Å²) in [6.45, 7) is 15.6. The van der Waals surface area contributed by atoms with Crippen LogP contribution in [0.15, 0.2) is 12.2 Å². The van der Waals surface area contributed by atoms with Gasteiger partial charge in [-0.25, -0.2) is 0 Å². The molecule has 0 radical (unpaired) electrons. The molecule has 0 aromatic carbocycles. The maximum absolute atomic E-state index is 13.3. The summed E-state index contributed by atoms with van der Waals surface area (Å²) in [5, 5.41) is 162. The van der Waals surface area contributed by atoms with Gasteiger partial charge in [0.25, 0.3) is 0 Å². The molecule has 0 amide bonds. The lowest BCUT2D eigenvalue weighted by atomic mass is 9.35. The molecule has 8 fully saturated rings. The first-order chi connectivity index (χ1) is 36.5. The van der Waals surface area contributed by atoms with Gasteiger partial charge in [-0.2, -0.15) is 0 Å².